The van der Waals surface area contributed by atoms with Gasteiger partial charge >= 0.3 is 0 Å². The first-order valence-corrected chi connectivity index (χ1v) is 8.51. The van der Waals surface area contributed by atoms with E-state index in [1.54, 1.807) is 30.5 Å². The van der Waals surface area contributed by atoms with Crippen LogP contribution in [-0.4, -0.2) is 26.8 Å². The Bertz CT molecular complexity index is 882. The number of pyridine rings is 1. The number of benzene rings is 1. The van der Waals surface area contributed by atoms with Crippen molar-refractivity contribution in [2.45, 2.75) is 26.7 Å². The minimum Gasteiger partial charge on any atom is -0.341 e. The van der Waals surface area contributed by atoms with Crippen LogP contribution in [0.2, 0.25) is 0 Å². The summed E-state index contributed by atoms with van der Waals surface area (Å²) in [6.07, 6.45) is 2.50. The molecule has 0 saturated carbocycles. The van der Waals surface area contributed by atoms with E-state index in [1.165, 1.54) is 0 Å². The Kier molecular flexibility index (Phi) is 5.26. The number of nitrogens with one attached hydrogen (secondary N) is 3. The lowest BCUT2D eigenvalue weighted by Crippen LogP contribution is -2.17. The van der Waals surface area contributed by atoms with Crippen LogP contribution in [0.15, 0.2) is 42.6 Å². The van der Waals surface area contributed by atoms with Gasteiger partial charge in [-0.2, -0.15) is 0 Å². The van der Waals surface area contributed by atoms with Gasteiger partial charge in [-0.05, 0) is 36.4 Å². The monoisotopic (exact) mass is 351 g/mol. The van der Waals surface area contributed by atoms with Gasteiger partial charge in [0.2, 0.25) is 11.8 Å². The topological polar surface area (TPSA) is 99.8 Å². The van der Waals surface area contributed by atoms with Crippen LogP contribution < -0.4 is 10.6 Å². The molecule has 7 nitrogen and oxygen atoms in total. The average molecular weight is 351 g/mol. The molecule has 26 heavy (non-hydrogen) atoms. The summed E-state index contributed by atoms with van der Waals surface area (Å²) in [4.78, 5) is 35.5. The van der Waals surface area contributed by atoms with Gasteiger partial charge in [0.05, 0.1) is 5.52 Å². The number of aromatic amines is 1. The number of amides is 2. The summed E-state index contributed by atoms with van der Waals surface area (Å²) in [6, 6.07) is 10.8. The first kappa shape index (κ1) is 17.6. The second-order valence-electron chi connectivity index (χ2n) is 6.33. The highest BCUT2D eigenvalue weighted by atomic mass is 16.2. The highest BCUT2D eigenvalue weighted by Gasteiger charge is 2.09. The molecule has 1 aromatic carbocycles. The van der Waals surface area contributed by atoms with E-state index in [-0.39, 0.29) is 17.7 Å². The molecule has 0 unspecified atom stereocenters. The third-order valence-corrected chi connectivity index (χ3v) is 3.86. The number of aryl methyl sites for hydroxylation is 1. The van der Waals surface area contributed by atoms with Crippen LogP contribution in [0.3, 0.4) is 0 Å². The van der Waals surface area contributed by atoms with Crippen molar-refractivity contribution >= 4 is 34.4 Å². The molecule has 3 N–H and O–H groups in total. The molecule has 0 aliphatic rings. The van der Waals surface area contributed by atoms with E-state index in [4.69, 9.17) is 0 Å². The van der Waals surface area contributed by atoms with Gasteiger partial charge in [0.25, 0.3) is 0 Å². The van der Waals surface area contributed by atoms with Crippen molar-refractivity contribution in [2.24, 2.45) is 5.92 Å². The van der Waals surface area contributed by atoms with Crippen LogP contribution in [-0.2, 0) is 16.0 Å². The minimum absolute atomic E-state index is 0.0397. The molecular formula is C19H21N5O2. The van der Waals surface area contributed by atoms with Crippen LogP contribution in [0.1, 0.15) is 26.1 Å². The average Bonchev–Trinajstić information content (AvgIpc) is 3.04. The fourth-order valence-corrected chi connectivity index (χ4v) is 2.39. The number of rotatable bonds is 6. The summed E-state index contributed by atoms with van der Waals surface area (Å²) >= 11 is 0. The standard InChI is InChI=1S/C19H21N5O2/c1-12(2)19(26)22-14-7-5-13(6-8-14)21-17(25)10-9-16-23-15-4-3-11-20-18(15)24-16/h3-8,11-12H,9-10H2,1-2H3,(H,21,25)(H,22,26)(H,20,23,24). The number of aromatic nitrogens is 3. The van der Waals surface area contributed by atoms with Crippen LogP contribution in [0, 0.1) is 5.92 Å². The molecule has 0 atom stereocenters. The maximum absolute atomic E-state index is 12.1. The van der Waals surface area contributed by atoms with Gasteiger partial charge in [0.15, 0.2) is 5.65 Å². The molecule has 2 heterocycles. The number of carbonyl (C=O) groups excluding carboxylic acids is 2. The Morgan fingerprint density at radius 2 is 1.77 bits per heavy atom. The number of nitrogens with zero attached hydrogens (tertiary/aromatic N) is 2. The molecule has 0 spiro atoms. The van der Waals surface area contributed by atoms with Gasteiger partial charge in [-0.1, -0.05) is 13.8 Å². The smallest absolute Gasteiger partial charge is 0.226 e. The van der Waals surface area contributed by atoms with Crippen LogP contribution in [0.25, 0.3) is 11.2 Å². The molecule has 0 bridgehead atoms. The molecule has 2 amide bonds. The highest BCUT2D eigenvalue weighted by Crippen LogP contribution is 2.15. The molecule has 134 valence electrons. The van der Waals surface area contributed by atoms with E-state index in [9.17, 15) is 9.59 Å². The Labute approximate surface area is 151 Å². The second-order valence-corrected chi connectivity index (χ2v) is 6.33. The molecular weight excluding hydrogens is 330 g/mol. The Hall–Kier alpha value is -3.22. The Morgan fingerprint density at radius 3 is 2.42 bits per heavy atom. The van der Waals surface area contributed by atoms with Crippen molar-refractivity contribution < 1.29 is 9.59 Å². The Balaban J connectivity index is 1.52. The zero-order chi connectivity index (χ0) is 18.5. The number of anilines is 2. The number of carbonyl (C=O) groups is 2. The lowest BCUT2D eigenvalue weighted by atomic mass is 10.2. The van der Waals surface area contributed by atoms with Gasteiger partial charge in [-0.15, -0.1) is 0 Å². The number of hydrogen-bond donors (Lipinski definition) is 3. The zero-order valence-corrected chi connectivity index (χ0v) is 14.7. The maximum Gasteiger partial charge on any atom is 0.226 e. The normalized spacial score (nSPS) is 10.9. The first-order valence-electron chi connectivity index (χ1n) is 8.51. The van der Waals surface area contributed by atoms with Crippen molar-refractivity contribution in [1.29, 1.82) is 0 Å². The van der Waals surface area contributed by atoms with Crippen LogP contribution in [0.4, 0.5) is 11.4 Å². The van der Waals surface area contributed by atoms with E-state index in [1.807, 2.05) is 26.0 Å². The fraction of sp³-hybridized carbons (Fsp3) is 0.263. The molecule has 3 rings (SSSR count). The lowest BCUT2D eigenvalue weighted by molar-refractivity contribution is -0.119. The maximum atomic E-state index is 12.1. The van der Waals surface area contributed by atoms with Crippen molar-refractivity contribution in [3.63, 3.8) is 0 Å². The summed E-state index contributed by atoms with van der Waals surface area (Å²) in [5, 5.41) is 5.65. The first-order chi connectivity index (χ1) is 12.5. The summed E-state index contributed by atoms with van der Waals surface area (Å²) in [7, 11) is 0. The van der Waals surface area contributed by atoms with E-state index in [0.717, 1.165) is 11.3 Å². The number of H-pyrrole nitrogens is 1. The number of hydrogen-bond acceptors (Lipinski definition) is 4. The van der Waals surface area contributed by atoms with Crippen molar-refractivity contribution in [2.75, 3.05) is 10.6 Å². The summed E-state index contributed by atoms with van der Waals surface area (Å²) < 4.78 is 0. The van der Waals surface area contributed by atoms with Crippen molar-refractivity contribution in [1.82, 2.24) is 15.0 Å². The van der Waals surface area contributed by atoms with Gasteiger partial charge in [-0.25, -0.2) is 9.97 Å². The minimum atomic E-state index is -0.0996. The van der Waals surface area contributed by atoms with E-state index in [2.05, 4.69) is 25.6 Å². The Morgan fingerprint density at radius 1 is 1.08 bits per heavy atom. The lowest BCUT2D eigenvalue weighted by Gasteiger charge is -2.09. The predicted octanol–water partition coefficient (Wildman–Crippen LogP) is 3.12. The third-order valence-electron chi connectivity index (χ3n) is 3.86. The molecule has 0 aliphatic carbocycles. The molecule has 0 radical (unpaired) electrons. The van der Waals surface area contributed by atoms with Gasteiger partial charge in [0.1, 0.15) is 5.82 Å². The van der Waals surface area contributed by atoms with E-state index < -0.39 is 0 Å². The molecule has 2 aromatic heterocycles. The predicted molar refractivity (Wildman–Crippen MR) is 101 cm³/mol. The van der Waals surface area contributed by atoms with Crippen LogP contribution in [0.5, 0.6) is 0 Å². The summed E-state index contributed by atoms with van der Waals surface area (Å²) in [6.45, 7) is 3.67. The summed E-state index contributed by atoms with van der Waals surface area (Å²) in [5.41, 5.74) is 2.91. The molecule has 0 saturated heterocycles. The van der Waals surface area contributed by atoms with Gasteiger partial charge in [0, 0.05) is 36.3 Å². The highest BCUT2D eigenvalue weighted by molar-refractivity contribution is 5.93. The van der Waals surface area contributed by atoms with Crippen molar-refractivity contribution in [3.8, 4) is 0 Å². The fourth-order valence-electron chi connectivity index (χ4n) is 2.39. The van der Waals surface area contributed by atoms with Crippen molar-refractivity contribution in [3.05, 3.63) is 48.4 Å². The molecule has 0 fully saturated rings. The largest absolute Gasteiger partial charge is 0.341 e. The third kappa shape index (κ3) is 4.44. The molecule has 0 aliphatic heterocycles. The summed E-state index contributed by atoms with van der Waals surface area (Å²) in [5.74, 6) is 0.517. The second kappa shape index (κ2) is 7.77. The number of imidazole rings is 1. The van der Waals surface area contributed by atoms with Crippen LogP contribution >= 0.6 is 0 Å². The van der Waals surface area contributed by atoms with Gasteiger partial charge in [-0.3, -0.25) is 9.59 Å². The van der Waals surface area contributed by atoms with E-state index in [0.29, 0.717) is 29.9 Å². The zero-order valence-electron chi connectivity index (χ0n) is 14.7. The van der Waals surface area contributed by atoms with Gasteiger partial charge < -0.3 is 15.6 Å². The molecule has 3 aromatic rings. The number of fused-ring (bicyclic) bond motifs is 1. The SMILES string of the molecule is CC(C)C(=O)Nc1ccc(NC(=O)CCc2nc3ncccc3[nH]2)cc1. The van der Waals surface area contributed by atoms with E-state index >= 15 is 0 Å². The molecule has 7 heteroatoms. The quantitative estimate of drug-likeness (QED) is 0.635.